The molecule has 0 fully saturated rings. The number of hydrogen-bond donors (Lipinski definition) is 0. The van der Waals surface area contributed by atoms with Crippen molar-refractivity contribution < 1.29 is 4.79 Å². The number of hydrogen-bond acceptors (Lipinski definition) is 2. The molecule has 0 saturated carbocycles. The quantitative estimate of drug-likeness (QED) is 0.725. The number of anilines is 1. The molecule has 3 rings (SSSR count). The topological polar surface area (TPSA) is 20.3 Å². The van der Waals surface area contributed by atoms with E-state index in [-0.39, 0.29) is 5.91 Å². The van der Waals surface area contributed by atoms with Crippen molar-refractivity contribution in [1.29, 1.82) is 0 Å². The van der Waals surface area contributed by atoms with Crippen LogP contribution >= 0.6 is 23.4 Å². The fourth-order valence-electron chi connectivity index (χ4n) is 2.88. The lowest BCUT2D eigenvalue weighted by Crippen LogP contribution is -2.35. The molecule has 0 saturated heterocycles. The monoisotopic (exact) mass is 331 g/mol. The second kappa shape index (κ2) is 6.35. The molecule has 22 heavy (non-hydrogen) atoms. The molecular formula is C18H18ClNOS. The molecule has 1 aliphatic rings. The molecule has 1 heterocycles. The smallest absolute Gasteiger partial charge is 0.259 e. The normalized spacial score (nSPS) is 13.9. The van der Waals surface area contributed by atoms with Crippen LogP contribution in [0, 0.1) is 6.92 Å². The van der Waals surface area contributed by atoms with Crippen LogP contribution in [0.5, 0.6) is 0 Å². The fraction of sp³-hybridized carbons (Fsp3) is 0.278. The van der Waals surface area contributed by atoms with Gasteiger partial charge in [-0.25, -0.2) is 0 Å². The van der Waals surface area contributed by atoms with Gasteiger partial charge in [-0.05, 0) is 55.9 Å². The van der Waals surface area contributed by atoms with Crippen molar-refractivity contribution in [2.45, 2.75) is 24.7 Å². The summed E-state index contributed by atoms with van der Waals surface area (Å²) in [6.45, 7) is 2.83. The van der Waals surface area contributed by atoms with Crippen molar-refractivity contribution >= 4 is 35.0 Å². The number of rotatable bonds is 2. The van der Waals surface area contributed by atoms with Gasteiger partial charge in [-0.15, -0.1) is 11.8 Å². The highest BCUT2D eigenvalue weighted by atomic mass is 35.5. The van der Waals surface area contributed by atoms with Crippen LogP contribution in [0.15, 0.2) is 41.3 Å². The average Bonchev–Trinajstić information content (AvgIpc) is 2.54. The van der Waals surface area contributed by atoms with E-state index in [2.05, 4.69) is 19.1 Å². The molecule has 114 valence electrons. The highest BCUT2D eigenvalue weighted by Gasteiger charge is 2.25. The van der Waals surface area contributed by atoms with Crippen LogP contribution in [0.4, 0.5) is 5.69 Å². The van der Waals surface area contributed by atoms with Crippen LogP contribution in [-0.2, 0) is 6.42 Å². The van der Waals surface area contributed by atoms with E-state index in [1.165, 1.54) is 11.1 Å². The molecule has 0 aromatic heterocycles. The number of thioether (sulfide) groups is 1. The number of amides is 1. The van der Waals surface area contributed by atoms with Crippen molar-refractivity contribution in [2.75, 3.05) is 17.7 Å². The molecule has 0 aliphatic carbocycles. The Labute approximate surface area is 140 Å². The number of carbonyl (C=O) groups excluding carboxylic acids is 1. The minimum atomic E-state index is -0.00861. The lowest BCUT2D eigenvalue weighted by atomic mass is 9.99. The molecule has 2 aromatic rings. The van der Waals surface area contributed by atoms with Gasteiger partial charge in [-0.2, -0.15) is 0 Å². The van der Waals surface area contributed by atoms with Crippen LogP contribution in [0.25, 0.3) is 0 Å². The molecular weight excluding hydrogens is 314 g/mol. The first-order valence-corrected chi connectivity index (χ1v) is 8.95. The highest BCUT2D eigenvalue weighted by Crippen LogP contribution is 2.31. The minimum absolute atomic E-state index is 0.00861. The molecule has 0 unspecified atom stereocenters. The van der Waals surface area contributed by atoms with E-state index in [0.717, 1.165) is 30.0 Å². The predicted molar refractivity (Wildman–Crippen MR) is 94.4 cm³/mol. The third-order valence-corrected chi connectivity index (χ3v) is 5.06. The second-order valence-corrected chi connectivity index (χ2v) is 6.83. The first-order valence-electron chi connectivity index (χ1n) is 7.35. The Morgan fingerprint density at radius 2 is 2.05 bits per heavy atom. The largest absolute Gasteiger partial charge is 0.308 e. The average molecular weight is 332 g/mol. The molecule has 1 aliphatic heterocycles. The van der Waals surface area contributed by atoms with Crippen molar-refractivity contribution in [2.24, 2.45) is 0 Å². The lowest BCUT2D eigenvalue weighted by molar-refractivity contribution is 0.0985. The number of nitrogens with zero attached hydrogens (tertiary/aromatic N) is 1. The number of benzene rings is 2. The van der Waals surface area contributed by atoms with Crippen LogP contribution in [0.1, 0.15) is 27.9 Å². The Morgan fingerprint density at radius 3 is 2.82 bits per heavy atom. The van der Waals surface area contributed by atoms with Gasteiger partial charge in [0.15, 0.2) is 0 Å². The lowest BCUT2D eigenvalue weighted by Gasteiger charge is -2.30. The van der Waals surface area contributed by atoms with Crippen LogP contribution in [0.2, 0.25) is 5.02 Å². The van der Waals surface area contributed by atoms with Crippen molar-refractivity contribution in [1.82, 2.24) is 0 Å². The second-order valence-electron chi connectivity index (χ2n) is 5.54. The number of halogens is 1. The molecule has 4 heteroatoms. The summed E-state index contributed by atoms with van der Waals surface area (Å²) in [4.78, 5) is 15.9. The Morgan fingerprint density at radius 1 is 1.23 bits per heavy atom. The molecule has 2 nitrogen and oxygen atoms in total. The highest BCUT2D eigenvalue weighted by molar-refractivity contribution is 7.98. The molecule has 0 bridgehead atoms. The molecule has 0 N–H and O–H groups in total. The van der Waals surface area contributed by atoms with Gasteiger partial charge >= 0.3 is 0 Å². The Bertz CT molecular complexity index is 729. The maximum atomic E-state index is 13.0. The number of carbonyl (C=O) groups is 1. The van der Waals surface area contributed by atoms with Crippen LogP contribution in [-0.4, -0.2) is 18.7 Å². The molecule has 0 spiro atoms. The summed E-state index contributed by atoms with van der Waals surface area (Å²) in [5, 5.41) is 0.516. The van der Waals surface area contributed by atoms with Gasteiger partial charge in [0.1, 0.15) is 0 Å². The van der Waals surface area contributed by atoms with Gasteiger partial charge in [-0.1, -0.05) is 29.3 Å². The van der Waals surface area contributed by atoms with Gasteiger partial charge in [0.05, 0.1) is 10.6 Å². The van der Waals surface area contributed by atoms with Crippen molar-refractivity contribution in [3.8, 4) is 0 Å². The Hall–Kier alpha value is -1.45. The van der Waals surface area contributed by atoms with Gasteiger partial charge in [0.2, 0.25) is 0 Å². The molecule has 0 atom stereocenters. The van der Waals surface area contributed by atoms with E-state index < -0.39 is 0 Å². The summed E-state index contributed by atoms with van der Waals surface area (Å²) in [6.07, 6.45) is 4.01. The minimum Gasteiger partial charge on any atom is -0.308 e. The summed E-state index contributed by atoms with van der Waals surface area (Å²) >= 11 is 7.88. The summed E-state index contributed by atoms with van der Waals surface area (Å²) in [7, 11) is 0. The molecule has 1 amide bonds. The standard InChI is InChI=1S/C18H18ClNOS/c1-12-5-8-17-13(10-12)4-3-9-20(17)18(21)15-11-14(22-2)6-7-16(15)19/h5-8,10-11H,3-4,9H2,1-2H3. The summed E-state index contributed by atoms with van der Waals surface area (Å²) in [5.41, 5.74) is 4.08. The van der Waals surface area contributed by atoms with Gasteiger partial charge in [-0.3, -0.25) is 4.79 Å². The first kappa shape index (κ1) is 15.4. The summed E-state index contributed by atoms with van der Waals surface area (Å²) in [5.74, 6) is -0.00861. The SMILES string of the molecule is CSc1ccc(Cl)c(C(=O)N2CCCc3cc(C)ccc32)c1. The van der Waals surface area contributed by atoms with Crippen molar-refractivity contribution in [3.05, 3.63) is 58.1 Å². The van der Waals surface area contributed by atoms with Crippen LogP contribution < -0.4 is 4.90 Å². The predicted octanol–water partition coefficient (Wildman–Crippen LogP) is 4.96. The summed E-state index contributed by atoms with van der Waals surface area (Å²) < 4.78 is 0. The van der Waals surface area contributed by atoms with E-state index in [1.807, 2.05) is 29.4 Å². The zero-order valence-corrected chi connectivity index (χ0v) is 14.3. The number of fused-ring (bicyclic) bond motifs is 1. The van der Waals surface area contributed by atoms with Gasteiger partial charge < -0.3 is 4.90 Å². The van der Waals surface area contributed by atoms with Gasteiger partial charge in [0.25, 0.3) is 5.91 Å². The zero-order valence-electron chi connectivity index (χ0n) is 12.7. The first-order chi connectivity index (χ1) is 10.6. The fourth-order valence-corrected chi connectivity index (χ4v) is 3.52. The van der Waals surface area contributed by atoms with Crippen molar-refractivity contribution in [3.63, 3.8) is 0 Å². The van der Waals surface area contributed by atoms with E-state index in [1.54, 1.807) is 17.8 Å². The number of aryl methyl sites for hydroxylation is 2. The molecule has 0 radical (unpaired) electrons. The van der Waals surface area contributed by atoms with Crippen LogP contribution in [0.3, 0.4) is 0 Å². The third kappa shape index (κ3) is 2.88. The van der Waals surface area contributed by atoms with E-state index in [9.17, 15) is 4.79 Å². The van der Waals surface area contributed by atoms with Gasteiger partial charge in [0, 0.05) is 17.1 Å². The maximum Gasteiger partial charge on any atom is 0.259 e. The van der Waals surface area contributed by atoms with E-state index in [4.69, 9.17) is 11.6 Å². The van der Waals surface area contributed by atoms with E-state index >= 15 is 0 Å². The summed E-state index contributed by atoms with van der Waals surface area (Å²) in [6, 6.07) is 11.9. The maximum absolute atomic E-state index is 13.0. The Kier molecular flexibility index (Phi) is 4.46. The Balaban J connectivity index is 2.01. The molecule has 2 aromatic carbocycles. The third-order valence-electron chi connectivity index (χ3n) is 4.00. The zero-order chi connectivity index (χ0) is 15.7. The van der Waals surface area contributed by atoms with E-state index in [0.29, 0.717) is 10.6 Å².